The van der Waals surface area contributed by atoms with Crippen LogP contribution in [-0.2, 0) is 9.84 Å². The third-order valence-corrected chi connectivity index (χ3v) is 4.07. The van der Waals surface area contributed by atoms with E-state index in [9.17, 15) is 8.42 Å². The highest BCUT2D eigenvalue weighted by molar-refractivity contribution is 7.91. The fraction of sp³-hybridized carbons (Fsp3) is 1.00. The van der Waals surface area contributed by atoms with Crippen molar-refractivity contribution in [1.82, 2.24) is 5.32 Å². The molecule has 0 aliphatic rings. The van der Waals surface area contributed by atoms with Crippen LogP contribution in [0.1, 0.15) is 27.2 Å². The maximum atomic E-state index is 11.1. The number of hydrogen-bond acceptors (Lipinski definition) is 4. The molecule has 0 radical (unpaired) electrons. The third-order valence-electron chi connectivity index (χ3n) is 2.28. The first-order chi connectivity index (χ1) is 6.83. The van der Waals surface area contributed by atoms with Crippen molar-refractivity contribution in [2.24, 2.45) is 5.41 Å². The molecule has 0 atom stereocenters. The number of hydrogen-bond donors (Lipinski definition) is 2. The Morgan fingerprint density at radius 1 is 1.33 bits per heavy atom. The molecule has 0 aliphatic heterocycles. The van der Waals surface area contributed by atoms with Crippen molar-refractivity contribution in [3.05, 3.63) is 0 Å². The van der Waals surface area contributed by atoms with Crippen molar-refractivity contribution in [2.45, 2.75) is 27.2 Å². The molecule has 0 saturated heterocycles. The van der Waals surface area contributed by atoms with E-state index < -0.39 is 9.84 Å². The van der Waals surface area contributed by atoms with Crippen LogP contribution in [0.4, 0.5) is 0 Å². The van der Waals surface area contributed by atoms with E-state index in [1.165, 1.54) is 0 Å². The first-order valence-corrected chi connectivity index (χ1v) is 7.17. The third kappa shape index (κ3) is 7.76. The number of aliphatic hydroxyl groups excluding tert-OH is 1. The highest BCUT2D eigenvalue weighted by Gasteiger charge is 2.15. The predicted octanol–water partition coefficient (Wildman–Crippen LogP) is 0.419. The molecule has 5 heteroatoms. The average Bonchev–Trinajstić information content (AvgIpc) is 2.17. The van der Waals surface area contributed by atoms with Crippen LogP contribution in [-0.4, -0.2) is 44.7 Å². The van der Waals surface area contributed by atoms with Crippen LogP contribution in [0.15, 0.2) is 0 Å². The van der Waals surface area contributed by atoms with E-state index >= 15 is 0 Å². The van der Waals surface area contributed by atoms with Crippen molar-refractivity contribution in [3.8, 4) is 0 Å². The smallest absolute Gasteiger partial charge is 0.150 e. The molecule has 0 amide bonds. The van der Waals surface area contributed by atoms with Gasteiger partial charge in [-0.05, 0) is 13.0 Å². The van der Waals surface area contributed by atoms with Crippen LogP contribution < -0.4 is 5.32 Å². The predicted molar refractivity (Wildman–Crippen MR) is 62.7 cm³/mol. The second-order valence-electron chi connectivity index (χ2n) is 4.59. The number of sulfone groups is 1. The van der Waals surface area contributed by atoms with E-state index in [1.807, 2.05) is 13.8 Å². The van der Waals surface area contributed by atoms with Gasteiger partial charge in [0.05, 0.1) is 5.75 Å². The first kappa shape index (κ1) is 14.9. The Labute approximate surface area is 93.0 Å². The largest absolute Gasteiger partial charge is 0.396 e. The first-order valence-electron chi connectivity index (χ1n) is 5.35. The normalized spacial score (nSPS) is 13.1. The number of rotatable bonds is 8. The maximum absolute atomic E-state index is 11.1. The maximum Gasteiger partial charge on any atom is 0.150 e. The topological polar surface area (TPSA) is 66.4 Å². The van der Waals surface area contributed by atoms with E-state index in [2.05, 4.69) is 5.32 Å². The van der Waals surface area contributed by atoms with Crippen LogP contribution in [0, 0.1) is 5.41 Å². The fourth-order valence-electron chi connectivity index (χ4n) is 1.04. The molecule has 0 aromatic rings. The molecule has 0 bridgehead atoms. The summed E-state index contributed by atoms with van der Waals surface area (Å²) in [7, 11) is -2.83. The Bertz CT molecular complexity index is 260. The summed E-state index contributed by atoms with van der Waals surface area (Å²) in [5.41, 5.74) is -0.135. The van der Waals surface area contributed by atoms with Gasteiger partial charge in [0, 0.05) is 24.3 Å². The highest BCUT2D eigenvalue weighted by atomic mass is 32.2. The number of aliphatic hydroxyl groups is 1. The van der Waals surface area contributed by atoms with Gasteiger partial charge in [0.2, 0.25) is 0 Å². The van der Waals surface area contributed by atoms with Crippen molar-refractivity contribution in [2.75, 3.05) is 31.2 Å². The van der Waals surface area contributed by atoms with Crippen molar-refractivity contribution in [1.29, 1.82) is 0 Å². The van der Waals surface area contributed by atoms with E-state index in [1.54, 1.807) is 6.92 Å². The van der Waals surface area contributed by atoms with Crippen LogP contribution in [0.5, 0.6) is 0 Å². The van der Waals surface area contributed by atoms with Gasteiger partial charge in [-0.3, -0.25) is 0 Å². The zero-order valence-corrected chi connectivity index (χ0v) is 10.7. The van der Waals surface area contributed by atoms with Gasteiger partial charge in [0.25, 0.3) is 0 Å². The Morgan fingerprint density at radius 3 is 2.40 bits per heavy atom. The van der Waals surface area contributed by atoms with E-state index in [0.717, 1.165) is 0 Å². The fourth-order valence-corrected chi connectivity index (χ4v) is 1.92. The summed E-state index contributed by atoms with van der Waals surface area (Å²) in [6, 6.07) is 0. The Morgan fingerprint density at radius 2 is 1.93 bits per heavy atom. The van der Waals surface area contributed by atoms with Crippen LogP contribution in [0.3, 0.4) is 0 Å². The average molecular weight is 237 g/mol. The summed E-state index contributed by atoms with van der Waals surface area (Å²) in [4.78, 5) is 0. The minimum Gasteiger partial charge on any atom is -0.396 e. The molecule has 0 aromatic heterocycles. The van der Waals surface area contributed by atoms with Gasteiger partial charge in [-0.2, -0.15) is 0 Å². The van der Waals surface area contributed by atoms with Crippen LogP contribution >= 0.6 is 0 Å². The molecule has 0 saturated carbocycles. The Kier molecular flexibility index (Phi) is 6.40. The molecule has 2 N–H and O–H groups in total. The van der Waals surface area contributed by atoms with Gasteiger partial charge in [0.1, 0.15) is 9.84 Å². The van der Waals surface area contributed by atoms with Crippen molar-refractivity contribution < 1.29 is 13.5 Å². The molecule has 4 nitrogen and oxygen atoms in total. The molecular weight excluding hydrogens is 214 g/mol. The quantitative estimate of drug-likeness (QED) is 0.600. The van der Waals surface area contributed by atoms with Crippen LogP contribution in [0.2, 0.25) is 0 Å². The van der Waals surface area contributed by atoms with E-state index in [0.29, 0.717) is 19.5 Å². The monoisotopic (exact) mass is 237 g/mol. The second kappa shape index (κ2) is 6.45. The zero-order valence-electron chi connectivity index (χ0n) is 9.91. The lowest BCUT2D eigenvalue weighted by Crippen LogP contribution is -2.33. The van der Waals surface area contributed by atoms with Crippen LogP contribution in [0.25, 0.3) is 0 Å². The van der Waals surface area contributed by atoms with Crippen molar-refractivity contribution >= 4 is 9.84 Å². The minimum atomic E-state index is -2.83. The van der Waals surface area contributed by atoms with Crippen molar-refractivity contribution in [3.63, 3.8) is 0 Å². The van der Waals surface area contributed by atoms with Gasteiger partial charge in [-0.25, -0.2) is 8.42 Å². The molecule has 15 heavy (non-hydrogen) atoms. The lowest BCUT2D eigenvalue weighted by atomic mass is 9.95. The van der Waals surface area contributed by atoms with Gasteiger partial charge < -0.3 is 10.4 Å². The Balaban J connectivity index is 3.57. The summed E-state index contributed by atoms with van der Waals surface area (Å²) < 4.78 is 22.3. The zero-order chi connectivity index (χ0) is 11.9. The standard InChI is InChI=1S/C10H23NO3S/c1-4-15(13,14)7-5-6-11-8-10(2,3)9-12/h11-12H,4-9H2,1-3H3. The van der Waals surface area contributed by atoms with E-state index in [-0.39, 0.29) is 23.5 Å². The second-order valence-corrected chi connectivity index (χ2v) is 7.06. The van der Waals surface area contributed by atoms with Gasteiger partial charge >= 0.3 is 0 Å². The SMILES string of the molecule is CCS(=O)(=O)CCCNCC(C)(C)CO. The van der Waals surface area contributed by atoms with E-state index in [4.69, 9.17) is 5.11 Å². The summed E-state index contributed by atoms with van der Waals surface area (Å²) >= 11 is 0. The summed E-state index contributed by atoms with van der Waals surface area (Å²) in [6.07, 6.45) is 0.637. The molecule has 92 valence electrons. The molecule has 0 rings (SSSR count). The summed E-state index contributed by atoms with van der Waals surface area (Å²) in [6.45, 7) is 7.11. The molecule has 0 heterocycles. The van der Waals surface area contributed by atoms with Gasteiger partial charge in [-0.1, -0.05) is 20.8 Å². The van der Waals surface area contributed by atoms with Gasteiger partial charge in [0.15, 0.2) is 0 Å². The highest BCUT2D eigenvalue weighted by Crippen LogP contribution is 2.10. The summed E-state index contributed by atoms with van der Waals surface area (Å²) in [5.74, 6) is 0.463. The number of nitrogens with one attached hydrogen (secondary N) is 1. The Hall–Kier alpha value is -0.130. The molecule has 0 spiro atoms. The molecular formula is C10H23NO3S. The minimum absolute atomic E-state index is 0.132. The molecule has 0 unspecified atom stereocenters. The van der Waals surface area contributed by atoms with Gasteiger partial charge in [-0.15, -0.1) is 0 Å². The molecule has 0 aliphatic carbocycles. The lowest BCUT2D eigenvalue weighted by Gasteiger charge is -2.21. The molecule has 0 fully saturated rings. The lowest BCUT2D eigenvalue weighted by molar-refractivity contribution is 0.157. The summed E-state index contributed by atoms with van der Waals surface area (Å²) in [5, 5.41) is 12.1. The molecule has 0 aromatic carbocycles.